The number of aliphatic carboxylic acids is 1. The number of carbonyl (C=O) groups is 1. The zero-order chi connectivity index (χ0) is 13.7. The number of aromatic nitrogens is 2. The van der Waals surface area contributed by atoms with E-state index in [1.54, 1.807) is 11.8 Å². The molecule has 0 aliphatic carbocycles. The van der Waals surface area contributed by atoms with Crippen molar-refractivity contribution in [2.24, 2.45) is 5.92 Å². The van der Waals surface area contributed by atoms with Gasteiger partial charge in [-0.25, -0.2) is 4.98 Å². The van der Waals surface area contributed by atoms with E-state index in [-0.39, 0.29) is 6.01 Å². The minimum atomic E-state index is -0.856. The maximum absolute atomic E-state index is 10.9. The van der Waals surface area contributed by atoms with Crippen molar-refractivity contribution in [2.45, 2.75) is 13.8 Å². The topological polar surface area (TPSA) is 75.6 Å². The van der Waals surface area contributed by atoms with Crippen LogP contribution in [0.2, 0.25) is 5.02 Å². The number of nitrogens with zero attached hydrogens (tertiary/aromatic N) is 3. The van der Waals surface area contributed by atoms with Crippen molar-refractivity contribution < 1.29 is 14.6 Å². The molecule has 1 aromatic rings. The van der Waals surface area contributed by atoms with E-state index in [0.29, 0.717) is 23.9 Å². The summed E-state index contributed by atoms with van der Waals surface area (Å²) < 4.78 is 4.93. The van der Waals surface area contributed by atoms with Crippen molar-refractivity contribution in [2.75, 3.05) is 25.1 Å². The van der Waals surface area contributed by atoms with Crippen LogP contribution in [0.1, 0.15) is 13.8 Å². The maximum Gasteiger partial charge on any atom is 0.318 e. The van der Waals surface area contributed by atoms with E-state index in [1.807, 2.05) is 6.92 Å². The largest absolute Gasteiger partial charge is 0.481 e. The van der Waals surface area contributed by atoms with Crippen LogP contribution < -0.4 is 9.64 Å². The van der Waals surface area contributed by atoms with Crippen LogP contribution in [0.25, 0.3) is 0 Å². The van der Waals surface area contributed by atoms with Gasteiger partial charge in [-0.3, -0.25) is 4.79 Å². The van der Waals surface area contributed by atoms with Crippen LogP contribution in [-0.4, -0.2) is 41.2 Å². The second-order valence-electron chi connectivity index (χ2n) is 3.81. The summed E-state index contributed by atoms with van der Waals surface area (Å²) in [6.45, 7) is 4.46. The fourth-order valence-corrected chi connectivity index (χ4v) is 1.65. The van der Waals surface area contributed by atoms with Crippen LogP contribution in [0.3, 0.4) is 0 Å². The molecule has 0 aliphatic rings. The molecule has 1 aromatic heterocycles. The third-order valence-corrected chi connectivity index (χ3v) is 2.75. The van der Waals surface area contributed by atoms with Crippen molar-refractivity contribution in [3.63, 3.8) is 0 Å². The summed E-state index contributed by atoms with van der Waals surface area (Å²) in [7, 11) is 1.46. The Morgan fingerprint density at radius 1 is 1.67 bits per heavy atom. The summed E-state index contributed by atoms with van der Waals surface area (Å²) in [5.41, 5.74) is 0. The number of hydrogen-bond acceptors (Lipinski definition) is 5. The third-order valence-electron chi connectivity index (χ3n) is 2.48. The maximum atomic E-state index is 10.9. The van der Waals surface area contributed by atoms with Crippen LogP contribution in [0, 0.1) is 5.92 Å². The minimum Gasteiger partial charge on any atom is -0.481 e. The highest BCUT2D eigenvalue weighted by atomic mass is 35.5. The number of rotatable bonds is 6. The molecule has 0 spiro atoms. The first-order valence-corrected chi connectivity index (χ1v) is 5.91. The van der Waals surface area contributed by atoms with Gasteiger partial charge in [0.05, 0.1) is 19.2 Å². The molecule has 0 amide bonds. The first-order chi connectivity index (χ1) is 8.49. The minimum absolute atomic E-state index is 0.204. The first-order valence-electron chi connectivity index (χ1n) is 5.53. The molecule has 1 rings (SSSR count). The highest BCUT2D eigenvalue weighted by Crippen LogP contribution is 2.25. The van der Waals surface area contributed by atoms with Gasteiger partial charge in [0.25, 0.3) is 0 Å². The number of methoxy groups -OCH3 is 1. The Bertz CT molecular complexity index is 428. The molecule has 100 valence electrons. The highest BCUT2D eigenvalue weighted by Gasteiger charge is 2.19. The number of hydrogen-bond donors (Lipinski definition) is 1. The average Bonchev–Trinajstić information content (AvgIpc) is 2.36. The Hall–Kier alpha value is -1.56. The molecule has 1 unspecified atom stereocenters. The Kier molecular flexibility index (Phi) is 5.15. The Morgan fingerprint density at radius 2 is 2.33 bits per heavy atom. The van der Waals surface area contributed by atoms with Crippen LogP contribution >= 0.6 is 11.6 Å². The molecule has 0 fully saturated rings. The van der Waals surface area contributed by atoms with Crippen LogP contribution in [0.15, 0.2) is 6.20 Å². The van der Waals surface area contributed by atoms with Gasteiger partial charge < -0.3 is 14.7 Å². The molecule has 1 heterocycles. The summed E-state index contributed by atoms with van der Waals surface area (Å²) in [4.78, 5) is 20.7. The lowest BCUT2D eigenvalue weighted by molar-refractivity contribution is -0.140. The van der Waals surface area contributed by atoms with Crippen LogP contribution in [0.5, 0.6) is 6.01 Å². The third kappa shape index (κ3) is 3.46. The van der Waals surface area contributed by atoms with Gasteiger partial charge in [-0.15, -0.1) is 0 Å². The average molecular weight is 274 g/mol. The van der Waals surface area contributed by atoms with Gasteiger partial charge in [0.2, 0.25) is 0 Å². The predicted molar refractivity (Wildman–Crippen MR) is 68.3 cm³/mol. The van der Waals surface area contributed by atoms with Crippen molar-refractivity contribution in [1.29, 1.82) is 0 Å². The van der Waals surface area contributed by atoms with Crippen molar-refractivity contribution in [3.8, 4) is 6.01 Å². The van der Waals surface area contributed by atoms with Crippen molar-refractivity contribution in [3.05, 3.63) is 11.2 Å². The lowest BCUT2D eigenvalue weighted by Crippen LogP contribution is -2.32. The number of halogens is 1. The monoisotopic (exact) mass is 273 g/mol. The van der Waals surface area contributed by atoms with Gasteiger partial charge in [-0.2, -0.15) is 4.98 Å². The second-order valence-corrected chi connectivity index (χ2v) is 4.21. The molecule has 0 radical (unpaired) electrons. The summed E-state index contributed by atoms with van der Waals surface area (Å²) >= 11 is 6.02. The SMILES string of the molecule is CCN(CC(C)C(=O)O)c1nc(OC)ncc1Cl. The summed E-state index contributed by atoms with van der Waals surface area (Å²) in [5.74, 6) is -0.883. The smallest absolute Gasteiger partial charge is 0.318 e. The summed E-state index contributed by atoms with van der Waals surface area (Å²) in [6.07, 6.45) is 1.44. The molecule has 6 nitrogen and oxygen atoms in total. The quantitative estimate of drug-likeness (QED) is 0.850. The lowest BCUT2D eigenvalue weighted by Gasteiger charge is -2.24. The second kappa shape index (κ2) is 6.39. The molecular formula is C11H16ClN3O3. The van der Waals surface area contributed by atoms with E-state index >= 15 is 0 Å². The Morgan fingerprint density at radius 3 is 2.83 bits per heavy atom. The molecular weight excluding hydrogens is 258 g/mol. The van der Waals surface area contributed by atoms with Gasteiger partial charge in [0, 0.05) is 13.1 Å². The van der Waals surface area contributed by atoms with Crippen molar-refractivity contribution >= 4 is 23.4 Å². The molecule has 1 N–H and O–H groups in total. The van der Waals surface area contributed by atoms with Gasteiger partial charge in [0.1, 0.15) is 5.02 Å². The van der Waals surface area contributed by atoms with E-state index in [2.05, 4.69) is 9.97 Å². The molecule has 0 bridgehead atoms. The zero-order valence-electron chi connectivity index (χ0n) is 10.6. The van der Waals surface area contributed by atoms with Gasteiger partial charge >= 0.3 is 12.0 Å². The normalized spacial score (nSPS) is 12.0. The Balaban J connectivity index is 2.97. The van der Waals surface area contributed by atoms with Gasteiger partial charge in [-0.05, 0) is 6.92 Å². The van der Waals surface area contributed by atoms with Gasteiger partial charge in [-0.1, -0.05) is 18.5 Å². The van der Waals surface area contributed by atoms with E-state index in [9.17, 15) is 4.79 Å². The molecule has 0 aliphatic heterocycles. The van der Waals surface area contributed by atoms with E-state index in [1.165, 1.54) is 13.3 Å². The first kappa shape index (κ1) is 14.5. The summed E-state index contributed by atoms with van der Waals surface area (Å²) in [6, 6.07) is 0.204. The molecule has 0 saturated heterocycles. The highest BCUT2D eigenvalue weighted by molar-refractivity contribution is 6.32. The molecule has 7 heteroatoms. The number of anilines is 1. The molecule has 0 saturated carbocycles. The van der Waals surface area contributed by atoms with E-state index in [0.717, 1.165) is 0 Å². The van der Waals surface area contributed by atoms with Crippen molar-refractivity contribution in [1.82, 2.24) is 9.97 Å². The number of carboxylic acid groups (broad SMARTS) is 1. The fraction of sp³-hybridized carbons (Fsp3) is 0.545. The molecule has 0 aromatic carbocycles. The van der Waals surface area contributed by atoms with E-state index in [4.69, 9.17) is 21.4 Å². The molecule has 18 heavy (non-hydrogen) atoms. The lowest BCUT2D eigenvalue weighted by atomic mass is 10.1. The van der Waals surface area contributed by atoms with Gasteiger partial charge in [0.15, 0.2) is 5.82 Å². The molecule has 1 atom stereocenters. The van der Waals surface area contributed by atoms with Crippen LogP contribution in [-0.2, 0) is 4.79 Å². The zero-order valence-corrected chi connectivity index (χ0v) is 11.3. The fourth-order valence-electron chi connectivity index (χ4n) is 1.44. The van der Waals surface area contributed by atoms with Crippen LogP contribution in [0.4, 0.5) is 5.82 Å². The van der Waals surface area contributed by atoms with E-state index < -0.39 is 11.9 Å². The number of carboxylic acids is 1. The number of ether oxygens (including phenoxy) is 1. The predicted octanol–water partition coefficient (Wildman–Crippen LogP) is 1.69. The Labute approximate surface area is 111 Å². The summed E-state index contributed by atoms with van der Waals surface area (Å²) in [5, 5.41) is 9.30. The standard InChI is InChI=1S/C11H16ClN3O3/c1-4-15(6-7(2)10(16)17)9-8(12)5-13-11(14-9)18-3/h5,7H,4,6H2,1-3H3,(H,16,17).